The first kappa shape index (κ1) is 25.0. The molecule has 13 heteroatoms. The van der Waals surface area contributed by atoms with Crippen LogP contribution in [0, 0.1) is 10.1 Å². The van der Waals surface area contributed by atoms with Crippen LogP contribution >= 0.6 is 19.3 Å². The number of ether oxygens (including phenoxy) is 2. The molecule has 2 aromatic rings. The van der Waals surface area contributed by atoms with E-state index >= 15 is 0 Å². The quantitative estimate of drug-likeness (QED) is 0.322. The number of rotatable bonds is 5. The first-order valence-electron chi connectivity index (χ1n) is 11.6. The number of aliphatic imine (C=N–C) groups is 2. The monoisotopic (exact) mass is 533 g/mol. The highest BCUT2D eigenvalue weighted by atomic mass is 35.5. The van der Waals surface area contributed by atoms with E-state index in [1.54, 1.807) is 21.5 Å². The molecule has 11 nitrogen and oxygen atoms in total. The summed E-state index contributed by atoms with van der Waals surface area (Å²) >= 11 is 6.47. The number of hydrogen-bond acceptors (Lipinski definition) is 8. The van der Waals surface area contributed by atoms with Gasteiger partial charge < -0.3 is 14.0 Å². The van der Waals surface area contributed by atoms with Crippen LogP contribution in [0.25, 0.3) is 0 Å². The van der Waals surface area contributed by atoms with Crippen molar-refractivity contribution < 1.29 is 23.5 Å². The summed E-state index contributed by atoms with van der Waals surface area (Å²) in [5.74, 6) is 0.111. The van der Waals surface area contributed by atoms with Gasteiger partial charge in [0, 0.05) is 54.5 Å². The number of halogens is 1. The van der Waals surface area contributed by atoms with Gasteiger partial charge in [-0.1, -0.05) is 29.8 Å². The second-order valence-corrected chi connectivity index (χ2v) is 11.0. The summed E-state index contributed by atoms with van der Waals surface area (Å²) in [6, 6.07) is 11.6. The van der Waals surface area contributed by atoms with Gasteiger partial charge in [0.05, 0.1) is 42.7 Å². The fourth-order valence-electron chi connectivity index (χ4n) is 4.31. The first-order valence-corrected chi connectivity index (χ1v) is 13.5. The standard InChI is InChI=1S/C23H25ClN5O6P/c24-20-4-2-1-3-18(20)23-19-6-5-17(29(30)31)15-21(19)26-22(16-25-23)35-36(32,27-7-11-33-12-8-27)28-9-13-34-14-10-28/h1-6,15H,7-14,16H2. The minimum atomic E-state index is -3.56. The van der Waals surface area contributed by atoms with Crippen molar-refractivity contribution in [1.82, 2.24) is 9.34 Å². The predicted octanol–water partition coefficient (Wildman–Crippen LogP) is 3.92. The van der Waals surface area contributed by atoms with Crippen molar-refractivity contribution in [3.05, 3.63) is 68.7 Å². The summed E-state index contributed by atoms with van der Waals surface area (Å²) in [6.45, 7) is 3.51. The van der Waals surface area contributed by atoms with E-state index in [2.05, 4.69) is 4.99 Å². The molecule has 2 saturated heterocycles. The summed E-state index contributed by atoms with van der Waals surface area (Å²) < 4.78 is 35.2. The van der Waals surface area contributed by atoms with Crippen molar-refractivity contribution >= 4 is 42.3 Å². The maximum absolute atomic E-state index is 14.5. The lowest BCUT2D eigenvalue weighted by Crippen LogP contribution is -2.44. The number of benzene rings is 2. The smallest absolute Gasteiger partial charge is 0.397 e. The summed E-state index contributed by atoms with van der Waals surface area (Å²) in [7, 11) is -3.56. The lowest BCUT2D eigenvalue weighted by molar-refractivity contribution is -0.384. The van der Waals surface area contributed by atoms with Crippen LogP contribution in [0.15, 0.2) is 52.4 Å². The largest absolute Gasteiger partial charge is 0.405 e. The lowest BCUT2D eigenvalue weighted by atomic mass is 10.00. The molecule has 0 amide bonds. The van der Waals surface area contributed by atoms with Crippen LogP contribution in [0.5, 0.6) is 0 Å². The Morgan fingerprint density at radius 1 is 0.972 bits per heavy atom. The van der Waals surface area contributed by atoms with Crippen molar-refractivity contribution in [2.24, 2.45) is 9.98 Å². The molecule has 5 rings (SSSR count). The average Bonchev–Trinajstić information content (AvgIpc) is 3.08. The van der Waals surface area contributed by atoms with E-state index in [9.17, 15) is 14.7 Å². The molecule has 0 aliphatic carbocycles. The third-order valence-electron chi connectivity index (χ3n) is 6.11. The Bertz CT molecular complexity index is 1240. The van der Waals surface area contributed by atoms with Gasteiger partial charge in [0.25, 0.3) is 5.69 Å². The number of non-ortho nitro benzene ring substituents is 1. The van der Waals surface area contributed by atoms with Gasteiger partial charge in [0.15, 0.2) is 0 Å². The van der Waals surface area contributed by atoms with E-state index in [-0.39, 0.29) is 18.1 Å². The molecule has 0 radical (unpaired) electrons. The molecule has 0 bridgehead atoms. The maximum atomic E-state index is 14.5. The maximum Gasteiger partial charge on any atom is 0.397 e. The molecule has 0 aromatic heterocycles. The van der Waals surface area contributed by atoms with E-state index < -0.39 is 12.6 Å². The highest BCUT2D eigenvalue weighted by Crippen LogP contribution is 2.55. The molecule has 3 aliphatic heterocycles. The van der Waals surface area contributed by atoms with E-state index in [0.29, 0.717) is 80.2 Å². The summed E-state index contributed by atoms with van der Waals surface area (Å²) in [5, 5.41) is 12.0. The van der Waals surface area contributed by atoms with Gasteiger partial charge in [-0.15, -0.1) is 0 Å². The van der Waals surface area contributed by atoms with E-state index in [1.165, 1.54) is 12.1 Å². The molecule has 0 spiro atoms. The molecule has 36 heavy (non-hydrogen) atoms. The van der Waals surface area contributed by atoms with Crippen LogP contribution in [0.1, 0.15) is 11.1 Å². The van der Waals surface area contributed by atoms with Crippen LogP contribution < -0.4 is 0 Å². The molecular formula is C23H25ClN5O6P. The van der Waals surface area contributed by atoms with E-state index in [1.807, 2.05) is 18.2 Å². The highest BCUT2D eigenvalue weighted by molar-refractivity contribution is 7.54. The van der Waals surface area contributed by atoms with Crippen molar-refractivity contribution in [1.29, 1.82) is 0 Å². The van der Waals surface area contributed by atoms with Gasteiger partial charge in [0.1, 0.15) is 6.54 Å². The molecule has 3 heterocycles. The minimum absolute atomic E-state index is 0.0122. The lowest BCUT2D eigenvalue weighted by Gasteiger charge is -2.40. The Balaban J connectivity index is 1.57. The second-order valence-electron chi connectivity index (χ2n) is 8.32. The fourth-order valence-corrected chi connectivity index (χ4v) is 6.83. The number of hydrogen-bond donors (Lipinski definition) is 0. The molecule has 0 atom stereocenters. The van der Waals surface area contributed by atoms with Crippen molar-refractivity contribution in [3.8, 4) is 0 Å². The van der Waals surface area contributed by atoms with Crippen LogP contribution in [0.2, 0.25) is 5.02 Å². The number of nitro benzene ring substituents is 1. The van der Waals surface area contributed by atoms with Crippen LogP contribution in [-0.2, 0) is 18.6 Å². The van der Waals surface area contributed by atoms with Gasteiger partial charge in [0.2, 0.25) is 5.90 Å². The zero-order valence-corrected chi connectivity index (χ0v) is 21.1. The van der Waals surface area contributed by atoms with Crippen LogP contribution in [0.4, 0.5) is 11.4 Å². The number of morpholine rings is 2. The molecule has 0 saturated carbocycles. The van der Waals surface area contributed by atoms with Crippen molar-refractivity contribution in [3.63, 3.8) is 0 Å². The Morgan fingerprint density at radius 3 is 2.22 bits per heavy atom. The van der Waals surface area contributed by atoms with Crippen LogP contribution in [0.3, 0.4) is 0 Å². The minimum Gasteiger partial charge on any atom is -0.405 e. The number of nitrogens with zero attached hydrogens (tertiary/aromatic N) is 5. The third-order valence-corrected chi connectivity index (χ3v) is 9.12. The number of fused-ring (bicyclic) bond motifs is 1. The van der Waals surface area contributed by atoms with Crippen molar-refractivity contribution in [2.45, 2.75) is 0 Å². The molecule has 190 valence electrons. The van der Waals surface area contributed by atoms with Gasteiger partial charge in [-0.2, -0.15) is 0 Å². The van der Waals surface area contributed by atoms with Crippen LogP contribution in [-0.4, -0.2) is 85.0 Å². The Hall–Kier alpha value is -2.66. The van der Waals surface area contributed by atoms with Gasteiger partial charge in [-0.3, -0.25) is 15.1 Å². The third kappa shape index (κ3) is 5.08. The Labute approximate surface area is 213 Å². The van der Waals surface area contributed by atoms with Gasteiger partial charge in [-0.25, -0.2) is 18.9 Å². The normalized spacial score (nSPS) is 19.6. The average molecular weight is 534 g/mol. The zero-order chi connectivity index (χ0) is 25.1. The van der Waals surface area contributed by atoms with Gasteiger partial charge >= 0.3 is 7.67 Å². The van der Waals surface area contributed by atoms with Gasteiger partial charge in [-0.05, 0) is 12.1 Å². The molecule has 2 fully saturated rings. The fraction of sp³-hybridized carbons (Fsp3) is 0.391. The predicted molar refractivity (Wildman–Crippen MR) is 136 cm³/mol. The molecule has 3 aliphatic rings. The second kappa shape index (κ2) is 10.8. The topological polar surface area (TPSA) is 119 Å². The molecule has 2 aromatic carbocycles. The van der Waals surface area contributed by atoms with E-state index in [4.69, 9.17) is 30.6 Å². The highest BCUT2D eigenvalue weighted by Gasteiger charge is 2.43. The zero-order valence-electron chi connectivity index (χ0n) is 19.4. The molecular weight excluding hydrogens is 509 g/mol. The first-order chi connectivity index (χ1) is 17.5. The number of nitro groups is 1. The summed E-state index contributed by atoms with van der Waals surface area (Å²) in [6.07, 6.45) is 0. The van der Waals surface area contributed by atoms with E-state index in [0.717, 1.165) is 0 Å². The Kier molecular flexibility index (Phi) is 7.47. The molecule has 0 N–H and O–H groups in total. The summed E-state index contributed by atoms with van der Waals surface area (Å²) in [5.41, 5.74) is 1.93. The van der Waals surface area contributed by atoms with Crippen molar-refractivity contribution in [2.75, 3.05) is 59.2 Å². The SMILES string of the molecule is O=[N+]([O-])c1ccc2c(c1)N=C(OP(=O)(N1CCOCC1)N1CCOCC1)CN=C2c1ccccc1Cl. The molecule has 0 unspecified atom stereocenters. The summed E-state index contributed by atoms with van der Waals surface area (Å²) in [4.78, 5) is 20.3. The Morgan fingerprint density at radius 2 is 1.61 bits per heavy atom.